The molecule has 0 bridgehead atoms. The van der Waals surface area contributed by atoms with Crippen LogP contribution in [-0.4, -0.2) is 14.7 Å². The molecule has 0 radical (unpaired) electrons. The SMILES string of the molecule is Cc1ccc2c(c1)CCc1ccccc1C2=Cc1cccc(NS(C)(=O)=O)c1. The van der Waals surface area contributed by atoms with E-state index in [0.29, 0.717) is 5.69 Å². The standard InChI is InChI=1S/C24H23NO2S/c1-17-10-13-23-20(14-17)12-11-19-7-3-4-9-22(19)24(23)16-18-6-5-8-21(15-18)25-28(2,26)27/h3-10,13-16,25H,11-12H2,1-2H3. The van der Waals surface area contributed by atoms with Crippen molar-refractivity contribution in [2.75, 3.05) is 11.0 Å². The van der Waals surface area contributed by atoms with E-state index in [4.69, 9.17) is 0 Å². The summed E-state index contributed by atoms with van der Waals surface area (Å²) >= 11 is 0. The average Bonchev–Trinajstić information content (AvgIpc) is 2.78. The van der Waals surface area contributed by atoms with E-state index in [1.807, 2.05) is 18.2 Å². The summed E-state index contributed by atoms with van der Waals surface area (Å²) in [6.07, 6.45) is 5.35. The molecule has 0 saturated heterocycles. The van der Waals surface area contributed by atoms with E-state index in [9.17, 15) is 8.42 Å². The van der Waals surface area contributed by atoms with Gasteiger partial charge >= 0.3 is 0 Å². The van der Waals surface area contributed by atoms with Crippen molar-refractivity contribution in [3.05, 3.63) is 100 Å². The zero-order chi connectivity index (χ0) is 19.7. The molecule has 1 aliphatic carbocycles. The van der Waals surface area contributed by atoms with Crippen molar-refractivity contribution in [3.63, 3.8) is 0 Å². The highest BCUT2D eigenvalue weighted by Crippen LogP contribution is 2.35. The molecule has 0 unspecified atom stereocenters. The Labute approximate surface area is 166 Å². The summed E-state index contributed by atoms with van der Waals surface area (Å²) in [5, 5.41) is 0. The lowest BCUT2D eigenvalue weighted by Crippen LogP contribution is -2.09. The number of rotatable bonds is 3. The molecule has 28 heavy (non-hydrogen) atoms. The molecule has 1 aliphatic rings. The second kappa shape index (κ2) is 7.28. The number of sulfonamides is 1. The fourth-order valence-corrected chi connectivity index (χ4v) is 4.39. The molecule has 3 aromatic carbocycles. The van der Waals surface area contributed by atoms with Gasteiger partial charge in [-0.3, -0.25) is 4.72 Å². The van der Waals surface area contributed by atoms with Crippen LogP contribution in [0.4, 0.5) is 5.69 Å². The molecule has 3 nitrogen and oxygen atoms in total. The summed E-state index contributed by atoms with van der Waals surface area (Å²) in [7, 11) is -3.31. The summed E-state index contributed by atoms with van der Waals surface area (Å²) in [5.41, 5.74) is 9.17. The van der Waals surface area contributed by atoms with E-state index in [1.165, 1.54) is 33.4 Å². The molecule has 142 valence electrons. The third kappa shape index (κ3) is 4.02. The van der Waals surface area contributed by atoms with Gasteiger partial charge in [0, 0.05) is 5.69 Å². The van der Waals surface area contributed by atoms with Crippen LogP contribution in [0.3, 0.4) is 0 Å². The zero-order valence-electron chi connectivity index (χ0n) is 16.1. The van der Waals surface area contributed by atoms with Crippen LogP contribution in [0, 0.1) is 6.92 Å². The number of aryl methyl sites for hydroxylation is 3. The van der Waals surface area contributed by atoms with Crippen LogP contribution in [0.1, 0.15) is 33.4 Å². The molecule has 0 spiro atoms. The van der Waals surface area contributed by atoms with Crippen LogP contribution in [0.5, 0.6) is 0 Å². The maximum atomic E-state index is 11.6. The van der Waals surface area contributed by atoms with E-state index < -0.39 is 10.0 Å². The first-order chi connectivity index (χ1) is 13.4. The largest absolute Gasteiger partial charge is 0.284 e. The smallest absolute Gasteiger partial charge is 0.229 e. The van der Waals surface area contributed by atoms with Crippen LogP contribution in [-0.2, 0) is 22.9 Å². The second-order valence-corrected chi connectivity index (χ2v) is 9.12. The van der Waals surface area contributed by atoms with Crippen LogP contribution in [0.15, 0.2) is 66.7 Å². The first-order valence-corrected chi connectivity index (χ1v) is 11.3. The molecule has 0 saturated carbocycles. The van der Waals surface area contributed by atoms with E-state index in [1.54, 1.807) is 6.07 Å². The van der Waals surface area contributed by atoms with Crippen molar-refractivity contribution in [2.24, 2.45) is 0 Å². The van der Waals surface area contributed by atoms with E-state index in [-0.39, 0.29) is 0 Å². The van der Waals surface area contributed by atoms with Crippen molar-refractivity contribution in [2.45, 2.75) is 19.8 Å². The first-order valence-electron chi connectivity index (χ1n) is 9.37. The monoisotopic (exact) mass is 389 g/mol. The number of hydrogen-bond donors (Lipinski definition) is 1. The predicted molar refractivity (Wildman–Crippen MR) is 117 cm³/mol. The van der Waals surface area contributed by atoms with Crippen LogP contribution >= 0.6 is 0 Å². The third-order valence-corrected chi connectivity index (χ3v) is 5.63. The topological polar surface area (TPSA) is 46.2 Å². The highest BCUT2D eigenvalue weighted by atomic mass is 32.2. The van der Waals surface area contributed by atoms with Gasteiger partial charge in [0.15, 0.2) is 0 Å². The predicted octanol–water partition coefficient (Wildman–Crippen LogP) is 5.05. The number of benzene rings is 3. The average molecular weight is 390 g/mol. The quantitative estimate of drug-likeness (QED) is 0.681. The summed E-state index contributed by atoms with van der Waals surface area (Å²) in [6.45, 7) is 2.13. The Balaban J connectivity index is 1.88. The van der Waals surface area contributed by atoms with E-state index in [2.05, 4.69) is 60.2 Å². The molecular formula is C24H23NO2S. The molecular weight excluding hydrogens is 366 g/mol. The highest BCUT2D eigenvalue weighted by molar-refractivity contribution is 7.92. The minimum Gasteiger partial charge on any atom is -0.284 e. The Morgan fingerprint density at radius 3 is 2.43 bits per heavy atom. The Morgan fingerprint density at radius 2 is 1.61 bits per heavy atom. The van der Waals surface area contributed by atoms with Crippen molar-refractivity contribution < 1.29 is 8.42 Å². The lowest BCUT2D eigenvalue weighted by atomic mass is 9.91. The number of fused-ring (bicyclic) bond motifs is 2. The van der Waals surface area contributed by atoms with Gasteiger partial charge in [0.05, 0.1) is 6.26 Å². The van der Waals surface area contributed by atoms with Crippen LogP contribution in [0.2, 0.25) is 0 Å². The van der Waals surface area contributed by atoms with Crippen LogP contribution < -0.4 is 4.72 Å². The summed E-state index contributed by atoms with van der Waals surface area (Å²) in [6, 6.07) is 22.7. The zero-order valence-corrected chi connectivity index (χ0v) is 16.9. The molecule has 0 fully saturated rings. The lowest BCUT2D eigenvalue weighted by Gasteiger charge is -2.13. The number of hydrogen-bond acceptors (Lipinski definition) is 2. The summed E-state index contributed by atoms with van der Waals surface area (Å²) in [4.78, 5) is 0. The maximum Gasteiger partial charge on any atom is 0.229 e. The minimum atomic E-state index is -3.31. The molecule has 0 amide bonds. The Kier molecular flexibility index (Phi) is 4.82. The molecule has 0 heterocycles. The van der Waals surface area contributed by atoms with Crippen molar-refractivity contribution in [1.29, 1.82) is 0 Å². The highest BCUT2D eigenvalue weighted by Gasteiger charge is 2.18. The first kappa shape index (κ1) is 18.5. The molecule has 0 atom stereocenters. The van der Waals surface area contributed by atoms with Gasteiger partial charge in [-0.25, -0.2) is 8.42 Å². The Bertz CT molecular complexity index is 1180. The second-order valence-electron chi connectivity index (χ2n) is 7.38. The number of nitrogens with one attached hydrogen (secondary N) is 1. The Hall–Kier alpha value is -2.85. The van der Waals surface area contributed by atoms with Gasteiger partial charge in [0.2, 0.25) is 10.0 Å². The van der Waals surface area contributed by atoms with Gasteiger partial charge in [-0.05, 0) is 71.4 Å². The van der Waals surface area contributed by atoms with Gasteiger partial charge < -0.3 is 0 Å². The van der Waals surface area contributed by atoms with Gasteiger partial charge in [0.25, 0.3) is 0 Å². The molecule has 0 aliphatic heterocycles. The van der Waals surface area contributed by atoms with Crippen LogP contribution in [0.25, 0.3) is 11.6 Å². The molecule has 3 aromatic rings. The van der Waals surface area contributed by atoms with Crippen molar-refractivity contribution >= 4 is 27.4 Å². The molecule has 0 aromatic heterocycles. The minimum absolute atomic E-state index is 0.572. The summed E-state index contributed by atoms with van der Waals surface area (Å²) in [5.74, 6) is 0. The molecule has 4 rings (SSSR count). The van der Waals surface area contributed by atoms with Gasteiger partial charge in [0.1, 0.15) is 0 Å². The fraction of sp³-hybridized carbons (Fsp3) is 0.167. The molecule has 4 heteroatoms. The van der Waals surface area contributed by atoms with Crippen molar-refractivity contribution in [3.8, 4) is 0 Å². The van der Waals surface area contributed by atoms with Crippen molar-refractivity contribution in [1.82, 2.24) is 0 Å². The maximum absolute atomic E-state index is 11.6. The normalized spacial score (nSPS) is 14.9. The van der Waals surface area contributed by atoms with E-state index in [0.717, 1.165) is 24.7 Å². The fourth-order valence-electron chi connectivity index (χ4n) is 3.84. The Morgan fingerprint density at radius 1 is 0.857 bits per heavy atom. The van der Waals surface area contributed by atoms with E-state index >= 15 is 0 Å². The lowest BCUT2D eigenvalue weighted by molar-refractivity contribution is 0.607. The van der Waals surface area contributed by atoms with Gasteiger partial charge in [-0.2, -0.15) is 0 Å². The van der Waals surface area contributed by atoms with Gasteiger partial charge in [-0.1, -0.05) is 60.2 Å². The number of anilines is 1. The summed E-state index contributed by atoms with van der Waals surface area (Å²) < 4.78 is 25.7. The third-order valence-electron chi connectivity index (χ3n) is 5.02. The van der Waals surface area contributed by atoms with Gasteiger partial charge in [-0.15, -0.1) is 0 Å². The molecule has 1 N–H and O–H groups in total.